The van der Waals surface area contributed by atoms with Crippen LogP contribution in [0.2, 0.25) is 0 Å². The fourth-order valence-electron chi connectivity index (χ4n) is 1.58. The monoisotopic (exact) mass is 326 g/mol. The predicted octanol–water partition coefficient (Wildman–Crippen LogP) is 2.11. The van der Waals surface area contributed by atoms with Crippen LogP contribution >= 0.6 is 15.9 Å². The van der Waals surface area contributed by atoms with Crippen molar-refractivity contribution in [3.8, 4) is 0 Å². The van der Waals surface area contributed by atoms with Crippen LogP contribution < -0.4 is 10.6 Å². The number of rotatable bonds is 6. The zero-order chi connectivity index (χ0) is 13.7. The maximum atomic E-state index is 14.0. The highest BCUT2D eigenvalue weighted by Crippen LogP contribution is 2.29. The van der Waals surface area contributed by atoms with Crippen molar-refractivity contribution in [2.45, 2.75) is 13.0 Å². The Balaban J connectivity index is 3.08. The number of aliphatic hydroxyl groups is 1. The molecule has 0 saturated carbocycles. The number of hydrogen-bond acceptors (Lipinski definition) is 3. The zero-order valence-corrected chi connectivity index (χ0v) is 11.1. The van der Waals surface area contributed by atoms with Crippen LogP contribution in [0.1, 0.15) is 5.56 Å². The third kappa shape index (κ3) is 3.60. The predicted molar refractivity (Wildman–Crippen MR) is 67.3 cm³/mol. The molecule has 1 aromatic carbocycles. The van der Waals surface area contributed by atoms with Crippen LogP contribution in [-0.2, 0) is 6.54 Å². The molecule has 0 atom stereocenters. The van der Waals surface area contributed by atoms with Gasteiger partial charge in [-0.2, -0.15) is 0 Å². The van der Waals surface area contributed by atoms with Gasteiger partial charge in [-0.05, 0) is 27.6 Å². The van der Waals surface area contributed by atoms with E-state index in [-0.39, 0.29) is 29.9 Å². The Morgan fingerprint density at radius 1 is 1.39 bits per heavy atom. The lowest BCUT2D eigenvalue weighted by atomic mass is 10.2. The molecule has 0 heterocycles. The van der Waals surface area contributed by atoms with Crippen molar-refractivity contribution in [3.63, 3.8) is 0 Å². The number of alkyl halides is 2. The molecule has 1 rings (SSSR count). The van der Waals surface area contributed by atoms with Crippen LogP contribution in [0, 0.1) is 5.82 Å². The Morgan fingerprint density at radius 2 is 2.06 bits per heavy atom. The zero-order valence-electron chi connectivity index (χ0n) is 9.54. The summed E-state index contributed by atoms with van der Waals surface area (Å²) in [6.07, 6.45) is -2.61. The highest BCUT2D eigenvalue weighted by atomic mass is 79.9. The SMILES string of the molecule is NCc1ccc(N(CCO)CC(F)F)c(F)c1Br. The second-order valence-electron chi connectivity index (χ2n) is 3.64. The number of aliphatic hydroxyl groups excluding tert-OH is 1. The largest absolute Gasteiger partial charge is 0.395 e. The summed E-state index contributed by atoms with van der Waals surface area (Å²) in [6.45, 7) is -0.878. The van der Waals surface area contributed by atoms with Crippen LogP contribution in [0.4, 0.5) is 18.9 Å². The fourth-order valence-corrected chi connectivity index (χ4v) is 2.08. The molecule has 0 spiro atoms. The summed E-state index contributed by atoms with van der Waals surface area (Å²) >= 11 is 3.05. The van der Waals surface area contributed by atoms with Crippen LogP contribution in [0.25, 0.3) is 0 Å². The molecule has 0 radical (unpaired) electrons. The molecule has 0 aromatic heterocycles. The Bertz CT molecular complexity index is 404. The van der Waals surface area contributed by atoms with Gasteiger partial charge in [0.05, 0.1) is 23.3 Å². The van der Waals surface area contributed by atoms with Crippen molar-refractivity contribution >= 4 is 21.6 Å². The van der Waals surface area contributed by atoms with E-state index >= 15 is 0 Å². The number of hydrogen-bond donors (Lipinski definition) is 2. The van der Waals surface area contributed by atoms with Crippen molar-refractivity contribution in [1.29, 1.82) is 0 Å². The van der Waals surface area contributed by atoms with E-state index in [2.05, 4.69) is 15.9 Å². The summed E-state index contributed by atoms with van der Waals surface area (Å²) in [5, 5.41) is 8.83. The van der Waals surface area contributed by atoms with E-state index in [0.29, 0.717) is 5.56 Å². The molecule has 0 unspecified atom stereocenters. The smallest absolute Gasteiger partial charge is 0.255 e. The standard InChI is InChI=1S/C11H14BrF3N2O/c12-10-7(5-16)1-2-8(11(10)15)17(3-4-18)6-9(13)14/h1-2,9,18H,3-6,16H2. The molecule has 0 amide bonds. The number of nitrogens with zero attached hydrogens (tertiary/aromatic N) is 1. The topological polar surface area (TPSA) is 49.5 Å². The van der Waals surface area contributed by atoms with E-state index < -0.39 is 18.8 Å². The summed E-state index contributed by atoms with van der Waals surface area (Å²) in [6, 6.07) is 2.96. The first-order valence-corrected chi connectivity index (χ1v) is 6.11. The van der Waals surface area contributed by atoms with Gasteiger partial charge in [0.1, 0.15) is 0 Å². The summed E-state index contributed by atoms with van der Waals surface area (Å²) in [5.74, 6) is -0.646. The van der Waals surface area contributed by atoms with Gasteiger partial charge < -0.3 is 15.7 Å². The Kier molecular flexibility index (Phi) is 5.90. The first-order valence-electron chi connectivity index (χ1n) is 5.32. The van der Waals surface area contributed by atoms with Gasteiger partial charge in [0, 0.05) is 13.1 Å². The molecular formula is C11H14BrF3N2O. The van der Waals surface area contributed by atoms with Gasteiger partial charge in [0.2, 0.25) is 0 Å². The van der Waals surface area contributed by atoms with Crippen LogP contribution in [0.3, 0.4) is 0 Å². The van der Waals surface area contributed by atoms with Crippen molar-refractivity contribution in [1.82, 2.24) is 0 Å². The Labute approximate surface area is 112 Å². The Hall–Kier alpha value is -0.790. The van der Waals surface area contributed by atoms with Gasteiger partial charge in [0.15, 0.2) is 5.82 Å². The third-order valence-electron chi connectivity index (χ3n) is 2.43. The van der Waals surface area contributed by atoms with E-state index in [1.165, 1.54) is 6.07 Å². The molecule has 0 fully saturated rings. The third-order valence-corrected chi connectivity index (χ3v) is 3.29. The molecule has 3 N–H and O–H groups in total. The molecule has 102 valence electrons. The number of benzene rings is 1. The van der Waals surface area contributed by atoms with Gasteiger partial charge in [-0.1, -0.05) is 6.07 Å². The molecule has 0 saturated heterocycles. The van der Waals surface area contributed by atoms with Crippen molar-refractivity contribution in [2.75, 3.05) is 24.6 Å². The Morgan fingerprint density at radius 3 is 2.56 bits per heavy atom. The van der Waals surface area contributed by atoms with Crippen molar-refractivity contribution in [2.24, 2.45) is 5.73 Å². The maximum absolute atomic E-state index is 14.0. The second-order valence-corrected chi connectivity index (χ2v) is 4.43. The van der Waals surface area contributed by atoms with E-state index in [1.54, 1.807) is 6.07 Å². The molecule has 3 nitrogen and oxygen atoms in total. The first kappa shape index (κ1) is 15.3. The lowest BCUT2D eigenvalue weighted by Crippen LogP contribution is -2.32. The van der Waals surface area contributed by atoms with E-state index in [1.807, 2.05) is 0 Å². The lowest BCUT2D eigenvalue weighted by molar-refractivity contribution is 0.152. The molecular weight excluding hydrogens is 313 g/mol. The highest BCUT2D eigenvalue weighted by Gasteiger charge is 2.18. The van der Waals surface area contributed by atoms with Gasteiger partial charge >= 0.3 is 0 Å². The van der Waals surface area contributed by atoms with E-state index in [4.69, 9.17) is 10.8 Å². The molecule has 7 heteroatoms. The van der Waals surface area contributed by atoms with Crippen LogP contribution in [-0.4, -0.2) is 31.2 Å². The normalized spacial score (nSPS) is 11.1. The molecule has 0 bridgehead atoms. The van der Waals surface area contributed by atoms with Gasteiger partial charge in [-0.15, -0.1) is 0 Å². The minimum atomic E-state index is -2.61. The number of halogens is 4. The quantitative estimate of drug-likeness (QED) is 0.841. The second kappa shape index (κ2) is 6.96. The van der Waals surface area contributed by atoms with Crippen LogP contribution in [0.15, 0.2) is 16.6 Å². The van der Waals surface area contributed by atoms with Gasteiger partial charge in [-0.3, -0.25) is 0 Å². The van der Waals surface area contributed by atoms with E-state index in [0.717, 1.165) is 4.90 Å². The molecule has 0 aliphatic carbocycles. The van der Waals surface area contributed by atoms with Gasteiger partial charge in [-0.25, -0.2) is 13.2 Å². The first-order chi connectivity index (χ1) is 8.51. The summed E-state index contributed by atoms with van der Waals surface area (Å²) in [5.41, 5.74) is 5.99. The minimum Gasteiger partial charge on any atom is -0.395 e. The number of anilines is 1. The fraction of sp³-hybridized carbons (Fsp3) is 0.455. The van der Waals surface area contributed by atoms with Crippen LogP contribution in [0.5, 0.6) is 0 Å². The lowest BCUT2D eigenvalue weighted by Gasteiger charge is -2.24. The summed E-state index contributed by atoms with van der Waals surface area (Å²) < 4.78 is 39.0. The van der Waals surface area contributed by atoms with Crippen molar-refractivity contribution in [3.05, 3.63) is 28.0 Å². The molecule has 0 aliphatic heterocycles. The maximum Gasteiger partial charge on any atom is 0.255 e. The van der Waals surface area contributed by atoms with Crippen molar-refractivity contribution < 1.29 is 18.3 Å². The number of nitrogens with two attached hydrogens (primary N) is 1. The molecule has 18 heavy (non-hydrogen) atoms. The summed E-state index contributed by atoms with van der Waals surface area (Å²) in [7, 11) is 0. The average molecular weight is 327 g/mol. The summed E-state index contributed by atoms with van der Waals surface area (Å²) in [4.78, 5) is 1.10. The molecule has 1 aromatic rings. The minimum absolute atomic E-state index is 0.0217. The molecule has 0 aliphatic rings. The highest BCUT2D eigenvalue weighted by molar-refractivity contribution is 9.10. The van der Waals surface area contributed by atoms with Gasteiger partial charge in [0.25, 0.3) is 6.43 Å². The van der Waals surface area contributed by atoms with E-state index in [9.17, 15) is 13.2 Å². The average Bonchev–Trinajstić information content (AvgIpc) is 2.31.